The fourth-order valence-corrected chi connectivity index (χ4v) is 13.0. The van der Waals surface area contributed by atoms with Gasteiger partial charge in [0.05, 0.1) is 17.5 Å². The lowest BCUT2D eigenvalue weighted by molar-refractivity contribution is -0.640. The summed E-state index contributed by atoms with van der Waals surface area (Å²) in [6.45, 7) is 13.6. The summed E-state index contributed by atoms with van der Waals surface area (Å²) < 4.78 is 0. The van der Waals surface area contributed by atoms with E-state index in [1.54, 1.807) is 11.9 Å². The second-order valence-corrected chi connectivity index (χ2v) is 18.1. The molecule has 49 heavy (non-hydrogen) atoms. The minimum Gasteiger partial charge on any atom is -0.353 e. The van der Waals surface area contributed by atoms with Gasteiger partial charge in [-0.05, 0) is 104 Å². The number of likely N-dealkylation sites (tertiary alicyclic amines) is 1. The van der Waals surface area contributed by atoms with E-state index in [9.17, 15) is 19.2 Å². The number of amides is 2. The van der Waals surface area contributed by atoms with Crippen molar-refractivity contribution >= 4 is 23.4 Å². The molecule has 1 aromatic rings. The van der Waals surface area contributed by atoms with Gasteiger partial charge >= 0.3 is 0 Å². The Morgan fingerprint density at radius 1 is 0.939 bits per heavy atom. The van der Waals surface area contributed by atoms with Crippen LogP contribution in [0.2, 0.25) is 0 Å². The molecular formula is C42H61N3O4. The van der Waals surface area contributed by atoms with Gasteiger partial charge in [0, 0.05) is 31.8 Å². The summed E-state index contributed by atoms with van der Waals surface area (Å²) in [5.41, 5.74) is 1.18. The van der Waals surface area contributed by atoms with Gasteiger partial charge in [-0.1, -0.05) is 84.7 Å². The van der Waals surface area contributed by atoms with Crippen molar-refractivity contribution in [3.05, 3.63) is 35.9 Å². The maximum Gasteiger partial charge on any atom is 0.227 e. The average molecular weight is 672 g/mol. The lowest BCUT2D eigenvalue weighted by atomic mass is 8.92. The Labute approximate surface area is 294 Å². The predicted octanol–water partition coefficient (Wildman–Crippen LogP) is 6.05. The molecule has 1 aliphatic heterocycles. The smallest absolute Gasteiger partial charge is 0.227 e. The molecule has 6 saturated carbocycles. The summed E-state index contributed by atoms with van der Waals surface area (Å²) in [4.78, 5) is 59.9. The third-order valence-electron chi connectivity index (χ3n) is 15.1. The largest absolute Gasteiger partial charge is 0.353 e. The quantitative estimate of drug-likeness (QED) is 0.218. The van der Waals surface area contributed by atoms with E-state index in [2.05, 4.69) is 76.0 Å². The Morgan fingerprint density at radius 2 is 1.57 bits per heavy atom. The second kappa shape index (κ2) is 12.6. The highest BCUT2D eigenvalue weighted by atomic mass is 16.2. The van der Waals surface area contributed by atoms with Crippen LogP contribution in [0.1, 0.15) is 92.1 Å². The van der Waals surface area contributed by atoms with Crippen LogP contribution in [0.5, 0.6) is 0 Å². The number of hydrogen-bond donors (Lipinski definition) is 1. The molecule has 7 heteroatoms. The third-order valence-corrected chi connectivity index (χ3v) is 15.1. The van der Waals surface area contributed by atoms with E-state index in [1.165, 1.54) is 5.56 Å². The van der Waals surface area contributed by atoms with Gasteiger partial charge in [-0.3, -0.25) is 24.1 Å². The Morgan fingerprint density at radius 3 is 2.12 bits per heavy atom. The summed E-state index contributed by atoms with van der Waals surface area (Å²) in [5.74, 6) is 3.61. The molecule has 5 unspecified atom stereocenters. The number of nitrogens with one attached hydrogen (secondary N) is 1. The zero-order chi connectivity index (χ0) is 35.2. The molecule has 1 N–H and O–H groups in total. The first-order chi connectivity index (χ1) is 23.3. The number of piperidine rings is 1. The van der Waals surface area contributed by atoms with Gasteiger partial charge in [-0.15, -0.1) is 0 Å². The first-order valence-corrected chi connectivity index (χ1v) is 19.7. The molecule has 0 spiro atoms. The topological polar surface area (TPSA) is 86.8 Å². The molecule has 5 atom stereocenters. The van der Waals surface area contributed by atoms with Crippen molar-refractivity contribution in [2.75, 3.05) is 20.6 Å². The lowest BCUT2D eigenvalue weighted by Gasteiger charge is -3.11. The van der Waals surface area contributed by atoms with Gasteiger partial charge in [0.1, 0.15) is 0 Å². The van der Waals surface area contributed by atoms with Gasteiger partial charge < -0.3 is 10.2 Å². The monoisotopic (exact) mass is 671 g/mol. The van der Waals surface area contributed by atoms with Crippen LogP contribution in [-0.2, 0) is 25.6 Å². The molecule has 8 rings (SSSR count). The number of carbonyl (C=O) groups excluding carboxylic acids is 4. The number of likely N-dealkylation sites (N-methyl/N-ethyl adjacent to an activating group) is 2. The third kappa shape index (κ3) is 4.82. The van der Waals surface area contributed by atoms with E-state index in [4.69, 9.17) is 0 Å². The maximum absolute atomic E-state index is 14.3. The van der Waals surface area contributed by atoms with Crippen molar-refractivity contribution in [1.29, 1.82) is 0 Å². The molecule has 1 heterocycles. The Hall–Kier alpha value is -2.54. The average Bonchev–Trinajstić information content (AvgIpc) is 3.06. The van der Waals surface area contributed by atoms with Gasteiger partial charge in [0.2, 0.25) is 11.8 Å². The first-order valence-electron chi connectivity index (χ1n) is 19.7. The van der Waals surface area contributed by atoms with Crippen LogP contribution in [0.3, 0.4) is 0 Å². The molecule has 1 aromatic carbocycles. The van der Waals surface area contributed by atoms with Crippen LogP contribution >= 0.6 is 0 Å². The first kappa shape index (κ1) is 34.9. The highest BCUT2D eigenvalue weighted by molar-refractivity contribution is 5.96. The molecule has 6 aliphatic carbocycles. The normalized spacial score (nSPS) is 36.9. The number of Topliss-reactive ketones (excluding diaryl/α,β-unsaturated/α-hetero) is 2. The number of benzene rings is 1. The number of nitrogens with zero attached hydrogens (tertiary/aromatic N) is 2. The van der Waals surface area contributed by atoms with Gasteiger partial charge in [-0.2, -0.15) is 0 Å². The van der Waals surface area contributed by atoms with Crippen molar-refractivity contribution in [3.63, 3.8) is 0 Å². The van der Waals surface area contributed by atoms with Crippen LogP contribution in [0.4, 0.5) is 0 Å². The zero-order valence-electron chi connectivity index (χ0n) is 31.3. The standard InChI is InChI=1S/C42H61N3O4/c1-9-25(6)28(21-30(46)29-17-13-14-18-44(29)7)39(48)45(8)38(24(4)5)31(47)22-41-32-35-33(41)37-34(41)36(32)42(35,37)40(49)43-27(19-23(2)3)20-26-15-11-10-12-16-26/h10-12,15-16,23-25,27-29,32-38H,9,13-14,17-22H2,1-8H3,(H,43,49). The van der Waals surface area contributed by atoms with Crippen molar-refractivity contribution in [2.24, 2.45) is 70.0 Å². The molecule has 1 saturated heterocycles. The van der Waals surface area contributed by atoms with Gasteiger partial charge in [0.15, 0.2) is 11.6 Å². The van der Waals surface area contributed by atoms with Gasteiger partial charge in [-0.25, -0.2) is 0 Å². The van der Waals surface area contributed by atoms with E-state index >= 15 is 0 Å². The van der Waals surface area contributed by atoms with E-state index < -0.39 is 12.0 Å². The summed E-state index contributed by atoms with van der Waals surface area (Å²) >= 11 is 0. The van der Waals surface area contributed by atoms with Crippen LogP contribution in [0.15, 0.2) is 30.3 Å². The highest BCUT2D eigenvalue weighted by Crippen LogP contribution is 3.10. The Balaban J connectivity index is 0.989. The molecule has 7 nitrogen and oxygen atoms in total. The number of carbonyl (C=O) groups is 4. The molecule has 0 aromatic heterocycles. The second-order valence-electron chi connectivity index (χ2n) is 18.1. The summed E-state index contributed by atoms with van der Waals surface area (Å²) in [5, 5.41) is 3.53. The molecule has 268 valence electrons. The van der Waals surface area contributed by atoms with Crippen molar-refractivity contribution in [1.82, 2.24) is 15.1 Å². The minimum absolute atomic E-state index is 0.00816. The Kier molecular flexibility index (Phi) is 8.97. The van der Waals surface area contributed by atoms with E-state index in [-0.39, 0.29) is 64.6 Å². The van der Waals surface area contributed by atoms with Crippen LogP contribution in [0.25, 0.3) is 0 Å². The minimum atomic E-state index is -0.487. The van der Waals surface area contributed by atoms with E-state index in [1.807, 2.05) is 13.1 Å². The summed E-state index contributed by atoms with van der Waals surface area (Å²) in [6.07, 6.45) is 6.47. The number of rotatable bonds is 17. The van der Waals surface area contributed by atoms with Crippen molar-refractivity contribution in [2.45, 2.75) is 111 Å². The zero-order valence-corrected chi connectivity index (χ0v) is 31.3. The molecule has 0 radical (unpaired) electrons. The fourth-order valence-electron chi connectivity index (χ4n) is 13.0. The molecule has 2 amide bonds. The van der Waals surface area contributed by atoms with Crippen LogP contribution in [0, 0.1) is 70.0 Å². The van der Waals surface area contributed by atoms with Crippen molar-refractivity contribution < 1.29 is 19.2 Å². The SMILES string of the molecule is CCC(C)C(CC(=O)C1CCCCN1C)C(=O)N(C)C(C(=O)CC12C3C4C1C1C2C3C41C(=O)NC(Cc1ccccc1)CC(C)C)C(C)C. The predicted molar refractivity (Wildman–Crippen MR) is 191 cm³/mol. The van der Waals surface area contributed by atoms with Gasteiger partial charge in [0.25, 0.3) is 0 Å². The van der Waals surface area contributed by atoms with Crippen LogP contribution < -0.4 is 5.32 Å². The lowest BCUT2D eigenvalue weighted by Crippen LogP contribution is -3.11. The molecular weight excluding hydrogens is 610 g/mol. The molecule has 7 aliphatic rings. The fraction of sp³-hybridized carbons (Fsp3) is 0.762. The van der Waals surface area contributed by atoms with Crippen molar-refractivity contribution in [3.8, 4) is 0 Å². The van der Waals surface area contributed by atoms with E-state index in [0.29, 0.717) is 47.8 Å². The Bertz CT molecular complexity index is 1420. The molecule has 7 fully saturated rings. The highest BCUT2D eigenvalue weighted by Gasteiger charge is 3.11. The van der Waals surface area contributed by atoms with E-state index in [0.717, 1.165) is 45.1 Å². The summed E-state index contributed by atoms with van der Waals surface area (Å²) in [6, 6.07) is 10.0. The molecule has 0 bridgehead atoms. The van der Waals surface area contributed by atoms with Crippen LogP contribution in [-0.4, -0.2) is 71.9 Å². The maximum atomic E-state index is 14.3. The summed E-state index contributed by atoms with van der Waals surface area (Å²) in [7, 11) is 3.83. The number of ketones is 2. The number of hydrogen-bond acceptors (Lipinski definition) is 5.